The zero-order chi connectivity index (χ0) is 25.3. The molecular formula is C21H30O11P2. The Morgan fingerprint density at radius 3 is 2.44 bits per heavy atom. The van der Waals surface area contributed by atoms with Crippen LogP contribution < -0.4 is 0 Å². The maximum Gasteiger partial charge on any atom is 0.470 e. The number of carbonyl (C=O) groups is 2. The molecule has 3 fully saturated rings. The first-order chi connectivity index (χ1) is 15.5. The van der Waals surface area contributed by atoms with E-state index in [0.29, 0.717) is 12.8 Å². The molecular weight excluding hydrogens is 490 g/mol. The van der Waals surface area contributed by atoms with Crippen LogP contribution in [0.25, 0.3) is 0 Å². The Hall–Kier alpha value is -1.00. The molecule has 0 aliphatic heterocycles. The number of hydrogen-bond acceptors (Lipinski definition) is 7. The van der Waals surface area contributed by atoms with E-state index < -0.39 is 56.5 Å². The average Bonchev–Trinajstić information content (AvgIpc) is 2.96. The second-order valence-electron chi connectivity index (χ2n) is 10.6. The van der Waals surface area contributed by atoms with Crippen molar-refractivity contribution in [3.05, 3.63) is 23.8 Å². The van der Waals surface area contributed by atoms with E-state index >= 15 is 0 Å². The van der Waals surface area contributed by atoms with Crippen LogP contribution in [0.15, 0.2) is 23.8 Å². The van der Waals surface area contributed by atoms with Crippen LogP contribution in [0, 0.1) is 28.6 Å². The molecule has 13 heteroatoms. The van der Waals surface area contributed by atoms with Gasteiger partial charge < -0.3 is 24.7 Å². The average molecular weight is 520 g/mol. The van der Waals surface area contributed by atoms with Crippen molar-refractivity contribution in [2.45, 2.75) is 57.7 Å². The topological polar surface area (TPSA) is 188 Å². The van der Waals surface area contributed by atoms with Gasteiger partial charge >= 0.3 is 15.6 Å². The minimum absolute atomic E-state index is 0.0361. The van der Waals surface area contributed by atoms with Crippen molar-refractivity contribution in [3.63, 3.8) is 0 Å². The zero-order valence-corrected chi connectivity index (χ0v) is 20.7. The molecule has 0 amide bonds. The molecule has 0 aromatic carbocycles. The number of hydrogen-bond donors (Lipinski definition) is 5. The standard InChI is InChI=1S/C21H30O11P2/c1-19-9-16(32-34(28,29)30)18-14(4-3-12-7-13(22)5-6-20(12,18)2)15(19)8-21(24,11-19)17(23)10-31-33(25,26)27/h5-7,14-16,18,24H,3-4,8-11H2,1-2H3,(H2,25,26,27)(H2,28,29,30)/t14-,15-,16-,18+,19+,20-,21+/m0/s1. The maximum atomic E-state index is 12.8. The van der Waals surface area contributed by atoms with E-state index in [1.807, 2.05) is 13.8 Å². The predicted molar refractivity (Wildman–Crippen MR) is 117 cm³/mol. The van der Waals surface area contributed by atoms with Crippen LogP contribution in [0.3, 0.4) is 0 Å². The van der Waals surface area contributed by atoms with Crippen molar-refractivity contribution in [2.75, 3.05) is 6.61 Å². The highest BCUT2D eigenvalue weighted by Gasteiger charge is 2.65. The van der Waals surface area contributed by atoms with Crippen LogP contribution in [-0.2, 0) is 27.8 Å². The predicted octanol–water partition coefficient (Wildman–Crippen LogP) is 1.79. The number of phosphoric acid groups is 2. The number of allylic oxidation sites excluding steroid dienone is 4. The fourth-order valence-corrected chi connectivity index (χ4v) is 8.04. The molecule has 0 saturated heterocycles. The Bertz CT molecular complexity index is 1060. The number of fused-ring (bicyclic) bond motifs is 5. The number of carbonyl (C=O) groups excluding carboxylic acids is 2. The van der Waals surface area contributed by atoms with Crippen molar-refractivity contribution in [1.29, 1.82) is 0 Å². The highest BCUT2D eigenvalue weighted by atomic mass is 31.2. The van der Waals surface area contributed by atoms with Crippen LogP contribution in [0.2, 0.25) is 0 Å². The number of Topliss-reactive ketones (excluding diaryl/α,β-unsaturated/α-hetero) is 1. The molecule has 0 aromatic rings. The lowest BCUT2D eigenvalue weighted by molar-refractivity contribution is -0.140. The summed E-state index contributed by atoms with van der Waals surface area (Å²) >= 11 is 0. The maximum absolute atomic E-state index is 12.8. The van der Waals surface area contributed by atoms with E-state index in [0.717, 1.165) is 5.57 Å². The molecule has 0 aromatic heterocycles. The van der Waals surface area contributed by atoms with Gasteiger partial charge in [0.05, 0.1) is 6.10 Å². The largest absolute Gasteiger partial charge is 0.470 e. The van der Waals surface area contributed by atoms with Crippen molar-refractivity contribution in [1.82, 2.24) is 0 Å². The van der Waals surface area contributed by atoms with Gasteiger partial charge in [-0.3, -0.25) is 18.6 Å². The number of aliphatic hydroxyl groups is 1. The molecule has 190 valence electrons. The first-order valence-corrected chi connectivity index (χ1v) is 14.2. The first kappa shape index (κ1) is 26.1. The minimum atomic E-state index is -4.91. The molecule has 0 spiro atoms. The van der Waals surface area contributed by atoms with E-state index in [2.05, 4.69) is 4.52 Å². The second-order valence-corrected chi connectivity index (χ2v) is 13.0. The Labute approximate surface area is 196 Å². The summed E-state index contributed by atoms with van der Waals surface area (Å²) in [6.07, 6.45) is 5.18. The lowest BCUT2D eigenvalue weighted by Gasteiger charge is -2.58. The number of rotatable bonds is 6. The van der Waals surface area contributed by atoms with Gasteiger partial charge in [-0.05, 0) is 61.5 Å². The fourth-order valence-electron chi connectivity index (χ4n) is 7.19. The van der Waals surface area contributed by atoms with Crippen LogP contribution in [0.4, 0.5) is 0 Å². The van der Waals surface area contributed by atoms with Crippen LogP contribution >= 0.6 is 15.6 Å². The van der Waals surface area contributed by atoms with Crippen LogP contribution in [0.5, 0.6) is 0 Å². The van der Waals surface area contributed by atoms with E-state index in [-0.39, 0.29) is 36.9 Å². The first-order valence-electron chi connectivity index (χ1n) is 11.1. The Kier molecular flexibility index (Phi) is 6.34. The normalized spacial score (nSPS) is 42.0. The Balaban J connectivity index is 1.70. The van der Waals surface area contributed by atoms with E-state index in [4.69, 9.17) is 14.3 Å². The van der Waals surface area contributed by atoms with Gasteiger partial charge in [-0.1, -0.05) is 25.5 Å². The molecule has 0 bridgehead atoms. The molecule has 4 aliphatic carbocycles. The molecule has 0 heterocycles. The second kappa shape index (κ2) is 8.26. The Morgan fingerprint density at radius 1 is 1.15 bits per heavy atom. The van der Waals surface area contributed by atoms with Crippen molar-refractivity contribution in [3.8, 4) is 0 Å². The minimum Gasteiger partial charge on any atom is -0.382 e. The van der Waals surface area contributed by atoms with Crippen LogP contribution in [-0.4, -0.2) is 54.6 Å². The fraction of sp³-hybridized carbons (Fsp3) is 0.714. The summed E-state index contributed by atoms with van der Waals surface area (Å²) in [6.45, 7) is 2.81. The molecule has 34 heavy (non-hydrogen) atoms. The van der Waals surface area contributed by atoms with Crippen molar-refractivity contribution < 1.29 is 52.4 Å². The smallest absolute Gasteiger partial charge is 0.382 e. The third-order valence-electron chi connectivity index (χ3n) is 8.39. The lowest BCUT2D eigenvalue weighted by atomic mass is 9.47. The van der Waals surface area contributed by atoms with E-state index in [1.54, 1.807) is 12.2 Å². The summed E-state index contributed by atoms with van der Waals surface area (Å²) in [5.74, 6) is -1.81. The number of phosphoric ester groups is 2. The Morgan fingerprint density at radius 2 is 1.82 bits per heavy atom. The van der Waals surface area contributed by atoms with Gasteiger partial charge in [0.1, 0.15) is 12.2 Å². The van der Waals surface area contributed by atoms with Gasteiger partial charge in [-0.2, -0.15) is 0 Å². The molecule has 4 rings (SSSR count). The highest BCUT2D eigenvalue weighted by Crippen LogP contribution is 2.67. The van der Waals surface area contributed by atoms with Gasteiger partial charge in [-0.15, -0.1) is 0 Å². The van der Waals surface area contributed by atoms with Crippen molar-refractivity contribution >= 4 is 27.2 Å². The molecule has 3 saturated carbocycles. The SMILES string of the molecule is C[C@]12C[C@H](OP(=O)(O)O)[C@H]3[C@@H](CCC4=CC(=O)C=C[C@@]43C)[C@@H]1C[C@](O)(C(=O)COP(=O)(O)O)C2. The number of ketones is 2. The highest BCUT2D eigenvalue weighted by molar-refractivity contribution is 7.46. The third-order valence-corrected chi connectivity index (χ3v) is 9.40. The van der Waals surface area contributed by atoms with E-state index in [9.17, 15) is 33.6 Å². The quantitative estimate of drug-likeness (QED) is 0.321. The summed E-state index contributed by atoms with van der Waals surface area (Å²) in [4.78, 5) is 61.9. The van der Waals surface area contributed by atoms with Gasteiger partial charge in [0.15, 0.2) is 11.6 Å². The zero-order valence-electron chi connectivity index (χ0n) is 18.9. The third kappa shape index (κ3) is 4.71. The summed E-state index contributed by atoms with van der Waals surface area (Å²) in [6, 6.07) is 0. The van der Waals surface area contributed by atoms with Gasteiger partial charge in [0, 0.05) is 11.3 Å². The van der Waals surface area contributed by atoms with Gasteiger partial charge in [0.25, 0.3) is 0 Å². The monoisotopic (exact) mass is 520 g/mol. The molecule has 7 atom stereocenters. The van der Waals surface area contributed by atoms with Gasteiger partial charge in [-0.25, -0.2) is 9.13 Å². The van der Waals surface area contributed by atoms with Gasteiger partial charge in [0.2, 0.25) is 0 Å². The molecule has 11 nitrogen and oxygen atoms in total. The van der Waals surface area contributed by atoms with Crippen molar-refractivity contribution in [2.24, 2.45) is 28.6 Å². The molecule has 0 radical (unpaired) electrons. The summed E-state index contributed by atoms with van der Waals surface area (Å²) < 4.78 is 32.6. The molecule has 0 unspecified atom stereocenters. The van der Waals surface area contributed by atoms with E-state index in [1.165, 1.54) is 6.08 Å². The lowest BCUT2D eigenvalue weighted by Crippen LogP contribution is -2.55. The summed E-state index contributed by atoms with van der Waals surface area (Å²) in [7, 11) is -9.79. The van der Waals surface area contributed by atoms with Crippen LogP contribution in [0.1, 0.15) is 46.0 Å². The summed E-state index contributed by atoms with van der Waals surface area (Å²) in [5.41, 5.74) is -2.44. The summed E-state index contributed by atoms with van der Waals surface area (Å²) in [5, 5.41) is 11.2. The molecule has 5 N–H and O–H groups in total. The molecule has 4 aliphatic rings.